The van der Waals surface area contributed by atoms with Crippen molar-refractivity contribution in [3.63, 3.8) is 0 Å². The van der Waals surface area contributed by atoms with Crippen molar-refractivity contribution in [3.05, 3.63) is 29.8 Å². The van der Waals surface area contributed by atoms with Crippen molar-refractivity contribution < 1.29 is 19.4 Å². The lowest BCUT2D eigenvalue weighted by Crippen LogP contribution is -2.49. The van der Waals surface area contributed by atoms with Gasteiger partial charge < -0.3 is 20.5 Å². The van der Waals surface area contributed by atoms with E-state index in [1.165, 1.54) is 0 Å². The van der Waals surface area contributed by atoms with Gasteiger partial charge in [-0.1, -0.05) is 17.7 Å². The highest BCUT2D eigenvalue weighted by atomic mass is 16.5. The largest absolute Gasteiger partial charge is 0.385 e. The smallest absolute Gasteiger partial charge is 0.313 e. The molecule has 1 aliphatic rings. The van der Waals surface area contributed by atoms with Crippen LogP contribution < -0.4 is 10.6 Å². The number of hydrogen-bond acceptors (Lipinski definition) is 4. The first kappa shape index (κ1) is 15.5. The summed E-state index contributed by atoms with van der Waals surface area (Å²) in [5.41, 5.74) is 0.506. The van der Waals surface area contributed by atoms with Crippen molar-refractivity contribution >= 4 is 17.5 Å². The summed E-state index contributed by atoms with van der Waals surface area (Å²) in [7, 11) is 0. The molecule has 1 fully saturated rings. The van der Waals surface area contributed by atoms with Gasteiger partial charge in [0.1, 0.15) is 5.60 Å². The third-order valence-electron chi connectivity index (χ3n) is 3.73. The zero-order chi connectivity index (χ0) is 15.5. The number of benzene rings is 1. The Bertz CT molecular complexity index is 529. The highest BCUT2D eigenvalue weighted by Crippen LogP contribution is 2.24. The van der Waals surface area contributed by atoms with E-state index in [0.29, 0.717) is 18.7 Å². The second-order valence-corrected chi connectivity index (χ2v) is 5.37. The monoisotopic (exact) mass is 292 g/mol. The van der Waals surface area contributed by atoms with Crippen molar-refractivity contribution in [2.75, 3.05) is 18.5 Å². The first-order valence-corrected chi connectivity index (χ1v) is 6.90. The molecule has 6 nitrogen and oxygen atoms in total. The van der Waals surface area contributed by atoms with E-state index in [2.05, 4.69) is 10.6 Å². The van der Waals surface area contributed by atoms with Gasteiger partial charge in [-0.15, -0.1) is 0 Å². The van der Waals surface area contributed by atoms with Crippen LogP contribution in [-0.2, 0) is 14.3 Å². The van der Waals surface area contributed by atoms with E-state index in [4.69, 9.17) is 4.74 Å². The molecule has 1 aliphatic heterocycles. The molecule has 2 amide bonds. The van der Waals surface area contributed by atoms with Gasteiger partial charge in [0.05, 0.1) is 6.10 Å². The van der Waals surface area contributed by atoms with Crippen LogP contribution in [0.5, 0.6) is 0 Å². The molecule has 2 atom stereocenters. The molecule has 0 bridgehead atoms. The molecule has 0 spiro atoms. The quantitative estimate of drug-likeness (QED) is 0.712. The van der Waals surface area contributed by atoms with Crippen LogP contribution in [0.15, 0.2) is 24.3 Å². The van der Waals surface area contributed by atoms with Crippen LogP contribution in [0, 0.1) is 6.92 Å². The Hall–Kier alpha value is -1.92. The summed E-state index contributed by atoms with van der Waals surface area (Å²) in [5.74, 6) is -1.53. The second kappa shape index (κ2) is 6.24. The van der Waals surface area contributed by atoms with Crippen molar-refractivity contribution in [2.45, 2.75) is 32.0 Å². The van der Waals surface area contributed by atoms with Crippen LogP contribution in [0.25, 0.3) is 0 Å². The number of ether oxygens (including phenoxy) is 1. The summed E-state index contributed by atoms with van der Waals surface area (Å²) in [6.07, 6.45) is 0.0755. The summed E-state index contributed by atoms with van der Waals surface area (Å²) in [4.78, 5) is 23.5. The van der Waals surface area contributed by atoms with Gasteiger partial charge in [-0.05, 0) is 26.0 Å². The maximum atomic E-state index is 11.8. The Morgan fingerprint density at radius 1 is 1.33 bits per heavy atom. The number of aliphatic hydroxyl groups is 1. The molecule has 1 heterocycles. The lowest BCUT2D eigenvalue weighted by molar-refractivity contribution is -0.137. The summed E-state index contributed by atoms with van der Waals surface area (Å²) < 4.78 is 5.27. The maximum absolute atomic E-state index is 11.8. The molecule has 1 aromatic rings. The first-order valence-electron chi connectivity index (χ1n) is 6.90. The van der Waals surface area contributed by atoms with E-state index >= 15 is 0 Å². The fourth-order valence-corrected chi connectivity index (χ4v) is 2.14. The molecule has 0 aromatic heterocycles. The molecular weight excluding hydrogens is 272 g/mol. The molecule has 1 aromatic carbocycles. The number of nitrogens with one attached hydrogen (secondary N) is 2. The van der Waals surface area contributed by atoms with Crippen molar-refractivity contribution in [2.24, 2.45) is 0 Å². The average molecular weight is 292 g/mol. The van der Waals surface area contributed by atoms with Gasteiger partial charge >= 0.3 is 11.8 Å². The minimum atomic E-state index is -1.11. The Morgan fingerprint density at radius 2 is 2.00 bits per heavy atom. The maximum Gasteiger partial charge on any atom is 0.313 e. The molecule has 114 valence electrons. The molecule has 1 saturated heterocycles. The number of rotatable bonds is 3. The van der Waals surface area contributed by atoms with E-state index in [0.717, 1.165) is 5.56 Å². The van der Waals surface area contributed by atoms with Crippen LogP contribution in [0.2, 0.25) is 0 Å². The average Bonchev–Trinajstić information content (AvgIpc) is 2.79. The van der Waals surface area contributed by atoms with Crippen molar-refractivity contribution in [1.29, 1.82) is 0 Å². The normalized spacial score (nSPS) is 24.6. The van der Waals surface area contributed by atoms with Crippen LogP contribution in [0.4, 0.5) is 5.69 Å². The molecule has 6 heteroatoms. The van der Waals surface area contributed by atoms with Gasteiger partial charge in [-0.3, -0.25) is 9.59 Å². The van der Waals surface area contributed by atoms with Crippen molar-refractivity contribution in [3.8, 4) is 0 Å². The predicted molar refractivity (Wildman–Crippen MR) is 77.8 cm³/mol. The first-order chi connectivity index (χ1) is 9.90. The topological polar surface area (TPSA) is 87.7 Å². The SMILES string of the molecule is Cc1ccc(NC(=O)C(=O)NCC2(O)CCOC2C)cc1. The fraction of sp³-hybridized carbons (Fsp3) is 0.467. The molecule has 0 aliphatic carbocycles. The Morgan fingerprint density at radius 3 is 2.57 bits per heavy atom. The Balaban J connectivity index is 1.85. The van der Waals surface area contributed by atoms with Gasteiger partial charge in [0, 0.05) is 25.3 Å². The van der Waals surface area contributed by atoms with Crippen molar-refractivity contribution in [1.82, 2.24) is 5.32 Å². The summed E-state index contributed by atoms with van der Waals surface area (Å²) in [6, 6.07) is 7.13. The molecule has 2 unspecified atom stereocenters. The Labute approximate surface area is 123 Å². The lowest BCUT2D eigenvalue weighted by atomic mass is 9.97. The molecule has 0 radical (unpaired) electrons. The number of anilines is 1. The number of hydrogen-bond donors (Lipinski definition) is 3. The number of amides is 2. The van der Waals surface area contributed by atoms with Crippen LogP contribution in [0.1, 0.15) is 18.9 Å². The van der Waals surface area contributed by atoms with Crippen LogP contribution in [0.3, 0.4) is 0 Å². The fourth-order valence-electron chi connectivity index (χ4n) is 2.14. The van der Waals surface area contributed by atoms with E-state index in [9.17, 15) is 14.7 Å². The zero-order valence-corrected chi connectivity index (χ0v) is 12.2. The summed E-state index contributed by atoms with van der Waals surface area (Å²) in [6.45, 7) is 4.12. The summed E-state index contributed by atoms with van der Waals surface area (Å²) in [5, 5.41) is 15.2. The minimum Gasteiger partial charge on any atom is -0.385 e. The van der Waals surface area contributed by atoms with E-state index < -0.39 is 17.4 Å². The van der Waals surface area contributed by atoms with Crippen LogP contribution in [-0.4, -0.2) is 41.8 Å². The lowest BCUT2D eigenvalue weighted by Gasteiger charge is -2.25. The molecular formula is C15H20N2O4. The molecule has 3 N–H and O–H groups in total. The van der Waals surface area contributed by atoms with Gasteiger partial charge in [0.15, 0.2) is 0 Å². The molecule has 2 rings (SSSR count). The van der Waals surface area contributed by atoms with Gasteiger partial charge in [0.2, 0.25) is 0 Å². The minimum absolute atomic E-state index is 0.00564. The van der Waals surface area contributed by atoms with E-state index in [1.54, 1.807) is 19.1 Å². The number of carbonyl (C=O) groups is 2. The van der Waals surface area contributed by atoms with E-state index in [-0.39, 0.29) is 12.6 Å². The number of carbonyl (C=O) groups excluding carboxylic acids is 2. The predicted octanol–water partition coefficient (Wildman–Crippen LogP) is 0.590. The van der Waals surface area contributed by atoms with E-state index in [1.807, 2.05) is 19.1 Å². The third kappa shape index (κ3) is 3.80. The highest BCUT2D eigenvalue weighted by molar-refractivity contribution is 6.39. The Kier molecular flexibility index (Phi) is 4.59. The third-order valence-corrected chi connectivity index (χ3v) is 3.73. The number of aryl methyl sites for hydroxylation is 1. The van der Waals surface area contributed by atoms with Crippen LogP contribution >= 0.6 is 0 Å². The summed E-state index contributed by atoms with van der Waals surface area (Å²) >= 11 is 0. The second-order valence-electron chi connectivity index (χ2n) is 5.37. The highest BCUT2D eigenvalue weighted by Gasteiger charge is 2.40. The standard InChI is InChI=1S/C15H20N2O4/c1-10-3-5-12(6-4-10)17-14(19)13(18)16-9-15(20)7-8-21-11(15)2/h3-6,11,20H,7-9H2,1-2H3,(H,16,18)(H,17,19). The van der Waals surface area contributed by atoms with Gasteiger partial charge in [0.25, 0.3) is 0 Å². The van der Waals surface area contributed by atoms with Gasteiger partial charge in [-0.2, -0.15) is 0 Å². The van der Waals surface area contributed by atoms with Gasteiger partial charge in [-0.25, -0.2) is 0 Å². The molecule has 0 saturated carbocycles. The molecule has 21 heavy (non-hydrogen) atoms. The zero-order valence-electron chi connectivity index (χ0n) is 12.2.